The van der Waals surface area contributed by atoms with Gasteiger partial charge in [0.25, 0.3) is 0 Å². The molecule has 1 aromatic carbocycles. The molecule has 1 aliphatic carbocycles. The van der Waals surface area contributed by atoms with E-state index in [9.17, 15) is 4.79 Å². The second-order valence-electron chi connectivity index (χ2n) is 3.49. The van der Waals surface area contributed by atoms with E-state index >= 15 is 0 Å². The molecule has 0 aromatic heterocycles. The van der Waals surface area contributed by atoms with Crippen molar-refractivity contribution >= 4 is 17.6 Å². The number of ether oxygens (including phenoxy) is 1. The van der Waals surface area contributed by atoms with E-state index in [0.29, 0.717) is 5.02 Å². The Hall–Kier alpha value is -1.28. The topological polar surface area (TPSA) is 26.3 Å². The lowest BCUT2D eigenvalue weighted by atomic mass is 9.96. The molecule has 2 rings (SSSR count). The van der Waals surface area contributed by atoms with Gasteiger partial charge in [0.1, 0.15) is 5.92 Å². The van der Waals surface area contributed by atoms with Crippen LogP contribution >= 0.6 is 11.6 Å². The first-order chi connectivity index (χ1) is 7.22. The van der Waals surface area contributed by atoms with Gasteiger partial charge in [-0.3, -0.25) is 4.79 Å². The molecular formula is C12H11ClO2. The molecule has 1 atom stereocenters. The van der Waals surface area contributed by atoms with Gasteiger partial charge >= 0.3 is 5.97 Å². The predicted octanol–water partition coefficient (Wildman–Crippen LogP) is 2.93. The number of rotatable bonds is 3. The summed E-state index contributed by atoms with van der Waals surface area (Å²) in [5.74, 6) is -0.491. The van der Waals surface area contributed by atoms with Crippen molar-refractivity contribution in [1.29, 1.82) is 0 Å². The predicted molar refractivity (Wildman–Crippen MR) is 58.9 cm³/mol. The van der Waals surface area contributed by atoms with E-state index < -0.39 is 0 Å². The Labute approximate surface area is 93.5 Å². The van der Waals surface area contributed by atoms with Crippen molar-refractivity contribution in [1.82, 2.24) is 0 Å². The molecule has 0 spiro atoms. The van der Waals surface area contributed by atoms with Crippen molar-refractivity contribution < 1.29 is 9.53 Å². The third-order valence-electron chi connectivity index (χ3n) is 2.43. The molecule has 0 aliphatic heterocycles. The first kappa shape index (κ1) is 10.2. The van der Waals surface area contributed by atoms with Crippen LogP contribution in [0.15, 0.2) is 35.9 Å². The maximum Gasteiger partial charge on any atom is 0.317 e. The van der Waals surface area contributed by atoms with E-state index in [-0.39, 0.29) is 11.9 Å². The zero-order valence-electron chi connectivity index (χ0n) is 8.37. The Morgan fingerprint density at radius 3 is 2.80 bits per heavy atom. The lowest BCUT2D eigenvalue weighted by molar-refractivity contribution is -0.141. The minimum atomic E-state index is -0.270. The first-order valence-corrected chi connectivity index (χ1v) is 5.12. The number of hydrogen-bond acceptors (Lipinski definition) is 2. The summed E-state index contributed by atoms with van der Waals surface area (Å²) < 4.78 is 4.79. The summed E-state index contributed by atoms with van der Waals surface area (Å²) in [5, 5.41) is 0.641. The van der Waals surface area contributed by atoms with Gasteiger partial charge in [0, 0.05) is 5.02 Å². The second kappa shape index (κ2) is 4.07. The van der Waals surface area contributed by atoms with Crippen molar-refractivity contribution in [2.75, 3.05) is 7.11 Å². The third kappa shape index (κ3) is 2.21. The van der Waals surface area contributed by atoms with Crippen molar-refractivity contribution in [2.45, 2.75) is 12.3 Å². The Kier molecular flexibility index (Phi) is 2.78. The monoisotopic (exact) mass is 222 g/mol. The smallest absolute Gasteiger partial charge is 0.317 e. The number of benzene rings is 1. The molecular weight excluding hydrogens is 212 g/mol. The van der Waals surface area contributed by atoms with Crippen LogP contribution in [0, 0.1) is 0 Å². The molecule has 1 aromatic rings. The molecule has 0 saturated carbocycles. The van der Waals surface area contributed by atoms with Gasteiger partial charge in [-0.2, -0.15) is 0 Å². The minimum absolute atomic E-state index is 0.221. The van der Waals surface area contributed by atoms with Crippen LogP contribution in [0.5, 0.6) is 0 Å². The van der Waals surface area contributed by atoms with Crippen molar-refractivity contribution in [3.05, 3.63) is 46.5 Å². The number of methoxy groups -OCH3 is 1. The molecule has 0 heterocycles. The number of esters is 1. The van der Waals surface area contributed by atoms with Crippen LogP contribution in [0.3, 0.4) is 0 Å². The molecule has 15 heavy (non-hydrogen) atoms. The summed E-state index contributed by atoms with van der Waals surface area (Å²) >= 11 is 5.89. The maximum absolute atomic E-state index is 11.6. The third-order valence-corrected chi connectivity index (χ3v) is 2.66. The summed E-state index contributed by atoms with van der Waals surface area (Å²) in [6.07, 6.45) is 2.93. The molecule has 0 bridgehead atoms. The van der Waals surface area contributed by atoms with Crippen LogP contribution < -0.4 is 0 Å². The highest BCUT2D eigenvalue weighted by atomic mass is 35.5. The Morgan fingerprint density at radius 1 is 1.53 bits per heavy atom. The number of hydrogen-bond donors (Lipinski definition) is 0. The van der Waals surface area contributed by atoms with Crippen molar-refractivity contribution in [2.24, 2.45) is 0 Å². The average molecular weight is 223 g/mol. The quantitative estimate of drug-likeness (QED) is 0.581. The lowest BCUT2D eigenvalue weighted by Crippen LogP contribution is -2.13. The van der Waals surface area contributed by atoms with Gasteiger partial charge < -0.3 is 4.74 Å². The van der Waals surface area contributed by atoms with Gasteiger partial charge in [-0.05, 0) is 24.1 Å². The lowest BCUT2D eigenvalue weighted by Gasteiger charge is -2.12. The highest BCUT2D eigenvalue weighted by Gasteiger charge is 2.29. The van der Waals surface area contributed by atoms with Gasteiger partial charge in [0.15, 0.2) is 0 Å². The van der Waals surface area contributed by atoms with Gasteiger partial charge in [0.2, 0.25) is 0 Å². The molecule has 3 heteroatoms. The Morgan fingerprint density at radius 2 is 2.27 bits per heavy atom. The highest BCUT2D eigenvalue weighted by molar-refractivity contribution is 6.30. The Balaban J connectivity index is 2.32. The average Bonchev–Trinajstić information content (AvgIpc) is 3.02. The normalized spacial score (nSPS) is 15.5. The fraction of sp³-hybridized carbons (Fsp3) is 0.250. The molecule has 0 radical (unpaired) electrons. The van der Waals surface area contributed by atoms with Crippen LogP contribution in [0.2, 0.25) is 5.02 Å². The molecule has 0 fully saturated rings. The largest absolute Gasteiger partial charge is 0.468 e. The van der Waals surface area contributed by atoms with Gasteiger partial charge in [-0.15, -0.1) is 0 Å². The van der Waals surface area contributed by atoms with Gasteiger partial charge in [-0.25, -0.2) is 0 Å². The molecule has 78 valence electrons. The first-order valence-electron chi connectivity index (χ1n) is 4.74. The summed E-state index contributed by atoms with van der Waals surface area (Å²) in [6.45, 7) is 0. The van der Waals surface area contributed by atoms with Gasteiger partial charge in [-0.1, -0.05) is 35.4 Å². The van der Waals surface area contributed by atoms with E-state index in [1.54, 1.807) is 6.07 Å². The van der Waals surface area contributed by atoms with E-state index in [2.05, 4.69) is 0 Å². The van der Waals surface area contributed by atoms with Gasteiger partial charge in [0.05, 0.1) is 7.11 Å². The molecule has 0 amide bonds. The summed E-state index contributed by atoms with van der Waals surface area (Å²) in [7, 11) is 1.41. The number of halogens is 1. The molecule has 0 N–H and O–H groups in total. The van der Waals surface area contributed by atoms with E-state index in [1.165, 1.54) is 7.11 Å². The van der Waals surface area contributed by atoms with E-state index in [0.717, 1.165) is 17.6 Å². The van der Waals surface area contributed by atoms with Crippen LogP contribution in [0.25, 0.3) is 0 Å². The molecule has 0 saturated heterocycles. The number of allylic oxidation sites excluding steroid dienone is 1. The van der Waals surface area contributed by atoms with Crippen molar-refractivity contribution in [3.8, 4) is 0 Å². The molecule has 1 unspecified atom stereocenters. The van der Waals surface area contributed by atoms with E-state index in [1.807, 2.05) is 24.3 Å². The summed E-state index contributed by atoms with van der Waals surface area (Å²) in [4.78, 5) is 11.6. The second-order valence-corrected chi connectivity index (χ2v) is 3.93. The SMILES string of the molecule is COC(=O)C(C1=CC1)c1cccc(Cl)c1. The van der Waals surface area contributed by atoms with Crippen LogP contribution in [-0.2, 0) is 9.53 Å². The van der Waals surface area contributed by atoms with E-state index in [4.69, 9.17) is 16.3 Å². The molecule has 1 aliphatic rings. The Bertz CT molecular complexity index is 423. The minimum Gasteiger partial charge on any atom is -0.468 e. The fourth-order valence-corrected chi connectivity index (χ4v) is 1.80. The van der Waals surface area contributed by atoms with Crippen LogP contribution in [-0.4, -0.2) is 13.1 Å². The molecule has 2 nitrogen and oxygen atoms in total. The number of carbonyl (C=O) groups excluding carboxylic acids is 1. The zero-order chi connectivity index (χ0) is 10.8. The summed E-state index contributed by atoms with van der Waals surface area (Å²) in [6, 6.07) is 7.34. The van der Waals surface area contributed by atoms with Crippen LogP contribution in [0.1, 0.15) is 17.9 Å². The fourth-order valence-electron chi connectivity index (χ4n) is 1.60. The highest BCUT2D eigenvalue weighted by Crippen LogP contribution is 2.37. The maximum atomic E-state index is 11.6. The summed E-state index contributed by atoms with van der Waals surface area (Å²) in [5.41, 5.74) is 2.02. The standard InChI is InChI=1S/C12H11ClO2/c1-15-12(14)11(8-5-6-8)9-3-2-4-10(13)7-9/h2-5,7,11H,6H2,1H3. The van der Waals surface area contributed by atoms with Crippen LogP contribution in [0.4, 0.5) is 0 Å². The van der Waals surface area contributed by atoms with Crippen molar-refractivity contribution in [3.63, 3.8) is 0 Å². The number of carbonyl (C=O) groups is 1. The zero-order valence-corrected chi connectivity index (χ0v) is 9.12.